The predicted molar refractivity (Wildman–Crippen MR) is 89.0 cm³/mol. The van der Waals surface area contributed by atoms with E-state index < -0.39 is 5.97 Å². The number of carboxylic acids is 1. The smallest absolute Gasteiger partial charge is 0.303 e. The molecule has 1 saturated carbocycles. The van der Waals surface area contributed by atoms with Gasteiger partial charge >= 0.3 is 5.97 Å². The van der Waals surface area contributed by atoms with Crippen LogP contribution in [0.1, 0.15) is 44.2 Å². The van der Waals surface area contributed by atoms with E-state index in [0.717, 1.165) is 13.0 Å². The number of hydrogen-bond donors (Lipinski definition) is 1. The predicted octanol–water partition coefficient (Wildman–Crippen LogP) is 4.23. The molecule has 1 N–H and O–H groups in total. The van der Waals surface area contributed by atoms with Crippen molar-refractivity contribution < 1.29 is 9.90 Å². The van der Waals surface area contributed by atoms with Crippen LogP contribution in [-0.4, -0.2) is 28.6 Å². The molecule has 0 heterocycles. The summed E-state index contributed by atoms with van der Waals surface area (Å²) in [6.07, 6.45) is 3.47. The monoisotopic (exact) mass is 297 g/mol. The zero-order valence-electron chi connectivity index (χ0n) is 13.0. The molecule has 1 atom stereocenters. The van der Waals surface area contributed by atoms with Crippen molar-refractivity contribution in [2.24, 2.45) is 0 Å². The largest absolute Gasteiger partial charge is 0.481 e. The van der Waals surface area contributed by atoms with Gasteiger partial charge in [-0.1, -0.05) is 36.4 Å². The molecule has 3 rings (SSSR count). The summed E-state index contributed by atoms with van der Waals surface area (Å²) in [7, 11) is 0. The van der Waals surface area contributed by atoms with E-state index in [2.05, 4.69) is 54.3 Å². The second-order valence-electron chi connectivity index (χ2n) is 6.25. The number of rotatable bonds is 7. The van der Waals surface area contributed by atoms with Gasteiger partial charge in [0.2, 0.25) is 0 Å². The molecular weight excluding hydrogens is 274 g/mol. The van der Waals surface area contributed by atoms with Crippen molar-refractivity contribution in [1.82, 2.24) is 4.90 Å². The lowest BCUT2D eigenvalue weighted by molar-refractivity contribution is -0.137. The number of carboxylic acid groups (broad SMARTS) is 1. The summed E-state index contributed by atoms with van der Waals surface area (Å²) in [5.41, 5.74) is 1.32. The van der Waals surface area contributed by atoms with Crippen LogP contribution in [0.5, 0.6) is 0 Å². The summed E-state index contributed by atoms with van der Waals surface area (Å²) >= 11 is 0. The summed E-state index contributed by atoms with van der Waals surface area (Å²) in [5.74, 6) is -0.700. The van der Waals surface area contributed by atoms with Gasteiger partial charge in [0.05, 0.1) is 0 Å². The van der Waals surface area contributed by atoms with Crippen LogP contribution in [0.25, 0.3) is 10.8 Å². The normalized spacial score (nSPS) is 16.1. The Morgan fingerprint density at radius 3 is 2.64 bits per heavy atom. The minimum atomic E-state index is -0.700. The van der Waals surface area contributed by atoms with Gasteiger partial charge < -0.3 is 5.11 Å². The Hall–Kier alpha value is -1.87. The van der Waals surface area contributed by atoms with Crippen molar-refractivity contribution in [3.8, 4) is 0 Å². The van der Waals surface area contributed by atoms with Crippen molar-refractivity contribution in [2.45, 2.75) is 44.7 Å². The topological polar surface area (TPSA) is 40.5 Å². The molecule has 1 aliphatic rings. The molecule has 1 aliphatic carbocycles. The molecule has 0 amide bonds. The molecule has 0 aromatic heterocycles. The molecule has 1 fully saturated rings. The molecule has 0 spiro atoms. The molecule has 2 aromatic rings. The fourth-order valence-corrected chi connectivity index (χ4v) is 3.17. The maximum absolute atomic E-state index is 10.7. The molecule has 0 bridgehead atoms. The molecule has 3 nitrogen and oxygen atoms in total. The van der Waals surface area contributed by atoms with Crippen LogP contribution in [0.3, 0.4) is 0 Å². The van der Waals surface area contributed by atoms with Crippen LogP contribution in [0, 0.1) is 0 Å². The van der Waals surface area contributed by atoms with Crippen molar-refractivity contribution in [2.75, 3.05) is 6.54 Å². The highest BCUT2D eigenvalue weighted by Gasteiger charge is 2.32. The van der Waals surface area contributed by atoms with E-state index >= 15 is 0 Å². The van der Waals surface area contributed by atoms with Gasteiger partial charge in [0.25, 0.3) is 0 Å². The molecule has 0 saturated heterocycles. The van der Waals surface area contributed by atoms with Crippen LogP contribution in [0.4, 0.5) is 0 Å². The second-order valence-corrected chi connectivity index (χ2v) is 6.25. The van der Waals surface area contributed by atoms with Gasteiger partial charge in [0.1, 0.15) is 0 Å². The van der Waals surface area contributed by atoms with E-state index in [1.165, 1.54) is 29.2 Å². The fraction of sp³-hybridized carbons (Fsp3) is 0.421. The highest BCUT2D eigenvalue weighted by atomic mass is 16.4. The van der Waals surface area contributed by atoms with Gasteiger partial charge in [-0.2, -0.15) is 0 Å². The molecule has 116 valence electrons. The van der Waals surface area contributed by atoms with Crippen molar-refractivity contribution in [3.63, 3.8) is 0 Å². The Morgan fingerprint density at radius 1 is 1.23 bits per heavy atom. The van der Waals surface area contributed by atoms with Crippen LogP contribution >= 0.6 is 0 Å². The standard InChI is InChI=1S/C19H23NO2/c1-14(20(18-10-11-18)12-4-7-19(21)22)16-9-8-15-5-2-3-6-17(15)13-16/h2-3,5-6,8-9,13-14,18H,4,7,10-12H2,1H3,(H,21,22). The first kappa shape index (κ1) is 15.0. The van der Waals surface area contributed by atoms with E-state index in [-0.39, 0.29) is 6.42 Å². The highest BCUT2D eigenvalue weighted by Crippen LogP contribution is 2.35. The molecule has 3 heteroatoms. The number of nitrogens with zero attached hydrogens (tertiary/aromatic N) is 1. The molecule has 22 heavy (non-hydrogen) atoms. The average molecular weight is 297 g/mol. The molecule has 0 radical (unpaired) electrons. The number of hydrogen-bond acceptors (Lipinski definition) is 2. The SMILES string of the molecule is CC(c1ccc2ccccc2c1)N(CCCC(=O)O)C1CC1. The van der Waals surface area contributed by atoms with Crippen LogP contribution in [0.2, 0.25) is 0 Å². The minimum absolute atomic E-state index is 0.258. The van der Waals surface area contributed by atoms with E-state index in [1.54, 1.807) is 0 Å². The van der Waals surface area contributed by atoms with Gasteiger partial charge in [-0.05, 0) is 55.1 Å². The maximum atomic E-state index is 10.7. The van der Waals surface area contributed by atoms with Crippen LogP contribution in [-0.2, 0) is 4.79 Å². The summed E-state index contributed by atoms with van der Waals surface area (Å²) < 4.78 is 0. The Kier molecular flexibility index (Phi) is 4.44. The molecule has 1 unspecified atom stereocenters. The summed E-state index contributed by atoms with van der Waals surface area (Å²) in [4.78, 5) is 13.2. The summed E-state index contributed by atoms with van der Waals surface area (Å²) in [6, 6.07) is 16.1. The quantitative estimate of drug-likeness (QED) is 0.831. The third kappa shape index (κ3) is 3.47. The first-order valence-electron chi connectivity index (χ1n) is 8.11. The molecular formula is C19H23NO2. The number of aliphatic carboxylic acids is 1. The first-order valence-corrected chi connectivity index (χ1v) is 8.11. The zero-order valence-corrected chi connectivity index (χ0v) is 13.0. The number of fused-ring (bicyclic) bond motifs is 1. The first-order chi connectivity index (χ1) is 10.6. The van der Waals surface area contributed by atoms with Gasteiger partial charge in [-0.3, -0.25) is 9.69 Å². The fourth-order valence-electron chi connectivity index (χ4n) is 3.17. The van der Waals surface area contributed by atoms with E-state index in [4.69, 9.17) is 5.11 Å². The van der Waals surface area contributed by atoms with E-state index in [9.17, 15) is 4.79 Å². The lowest BCUT2D eigenvalue weighted by Crippen LogP contribution is -2.30. The lowest BCUT2D eigenvalue weighted by atomic mass is 10.0. The van der Waals surface area contributed by atoms with E-state index in [1.807, 2.05) is 0 Å². The Morgan fingerprint density at radius 2 is 1.95 bits per heavy atom. The number of carbonyl (C=O) groups is 1. The van der Waals surface area contributed by atoms with Gasteiger partial charge in [0, 0.05) is 18.5 Å². The van der Waals surface area contributed by atoms with Gasteiger partial charge in [-0.15, -0.1) is 0 Å². The molecule has 0 aliphatic heterocycles. The summed E-state index contributed by atoms with van der Waals surface area (Å²) in [5, 5.41) is 11.4. The Bertz CT molecular complexity index is 663. The second kappa shape index (κ2) is 6.49. The average Bonchev–Trinajstić information content (AvgIpc) is 3.35. The van der Waals surface area contributed by atoms with Crippen LogP contribution < -0.4 is 0 Å². The third-order valence-corrected chi connectivity index (χ3v) is 4.58. The van der Waals surface area contributed by atoms with Gasteiger partial charge in [0.15, 0.2) is 0 Å². The Balaban J connectivity index is 1.75. The van der Waals surface area contributed by atoms with Crippen molar-refractivity contribution in [3.05, 3.63) is 48.0 Å². The maximum Gasteiger partial charge on any atom is 0.303 e. The van der Waals surface area contributed by atoms with E-state index in [0.29, 0.717) is 12.1 Å². The molecule has 2 aromatic carbocycles. The lowest BCUT2D eigenvalue weighted by Gasteiger charge is -2.29. The third-order valence-electron chi connectivity index (χ3n) is 4.58. The highest BCUT2D eigenvalue weighted by molar-refractivity contribution is 5.83. The van der Waals surface area contributed by atoms with Crippen LogP contribution in [0.15, 0.2) is 42.5 Å². The van der Waals surface area contributed by atoms with Crippen molar-refractivity contribution >= 4 is 16.7 Å². The minimum Gasteiger partial charge on any atom is -0.481 e. The summed E-state index contributed by atoms with van der Waals surface area (Å²) in [6.45, 7) is 3.11. The van der Waals surface area contributed by atoms with Crippen molar-refractivity contribution in [1.29, 1.82) is 0 Å². The number of benzene rings is 2. The zero-order chi connectivity index (χ0) is 15.5. The Labute approximate surface area is 131 Å². The van der Waals surface area contributed by atoms with Gasteiger partial charge in [-0.25, -0.2) is 0 Å².